The van der Waals surface area contributed by atoms with E-state index in [9.17, 15) is 4.79 Å². The quantitative estimate of drug-likeness (QED) is 0.231. The molecule has 1 saturated heterocycles. The van der Waals surface area contributed by atoms with E-state index in [1.165, 1.54) is 5.56 Å². The van der Waals surface area contributed by atoms with E-state index in [2.05, 4.69) is 22.3 Å². The minimum absolute atomic E-state index is 0.317. The maximum Gasteiger partial charge on any atom is 0.347 e. The van der Waals surface area contributed by atoms with Crippen molar-refractivity contribution >= 4 is 17.6 Å². The van der Waals surface area contributed by atoms with Gasteiger partial charge in [0.2, 0.25) is 0 Å². The molecule has 3 aromatic rings. The fourth-order valence-electron chi connectivity index (χ4n) is 5.47. The van der Waals surface area contributed by atoms with Gasteiger partial charge in [-0.3, -0.25) is 4.90 Å². The zero-order valence-electron chi connectivity index (χ0n) is 22.6. The van der Waals surface area contributed by atoms with Crippen molar-refractivity contribution in [3.63, 3.8) is 0 Å². The van der Waals surface area contributed by atoms with Gasteiger partial charge in [-0.25, -0.2) is 4.79 Å². The number of aryl methyl sites for hydroxylation is 1. The maximum atomic E-state index is 12.6. The zero-order chi connectivity index (χ0) is 27.2. The molecule has 4 atom stereocenters. The Balaban J connectivity index is 1.03. The molecule has 0 bridgehead atoms. The number of piperidine rings is 1. The standard InChI is InChI=1S/C32H37ClN2O4/c1-3-37-32(36)30(39-29-7-5-4-6-22(29)2)18-23-10-14-26(15-11-23)38-17-16-34-31-27-20-35(21-28(27)31)19-24-8-12-25(33)13-9-24/h4-15,27-28,30-31,34H,3,16-21H2,1-2H3/t27-,28?,30-,31+/m0/s1. The summed E-state index contributed by atoms with van der Waals surface area (Å²) in [4.78, 5) is 15.1. The average molecular weight is 549 g/mol. The van der Waals surface area contributed by atoms with E-state index in [-0.39, 0.29) is 5.97 Å². The molecule has 39 heavy (non-hydrogen) atoms. The minimum Gasteiger partial charge on any atom is -0.492 e. The molecule has 1 N–H and O–H groups in total. The fraction of sp³-hybridized carbons (Fsp3) is 0.406. The monoisotopic (exact) mass is 548 g/mol. The van der Waals surface area contributed by atoms with Crippen LogP contribution < -0.4 is 14.8 Å². The van der Waals surface area contributed by atoms with Crippen LogP contribution in [0.3, 0.4) is 0 Å². The van der Waals surface area contributed by atoms with Crippen LogP contribution in [0.4, 0.5) is 0 Å². The van der Waals surface area contributed by atoms with E-state index in [0.29, 0.717) is 31.4 Å². The molecular weight excluding hydrogens is 512 g/mol. The molecule has 1 aliphatic heterocycles. The van der Waals surface area contributed by atoms with Gasteiger partial charge in [0.15, 0.2) is 6.10 Å². The van der Waals surface area contributed by atoms with Gasteiger partial charge in [0.1, 0.15) is 18.1 Å². The number of para-hydroxylation sites is 1. The van der Waals surface area contributed by atoms with Crippen molar-refractivity contribution in [3.8, 4) is 11.5 Å². The number of carbonyl (C=O) groups is 1. The third kappa shape index (κ3) is 7.33. The molecule has 3 aromatic carbocycles. The summed E-state index contributed by atoms with van der Waals surface area (Å²) in [6.45, 7) is 8.81. The van der Waals surface area contributed by atoms with Gasteiger partial charge in [-0.2, -0.15) is 0 Å². The number of hydrogen-bond acceptors (Lipinski definition) is 6. The van der Waals surface area contributed by atoms with Gasteiger partial charge in [0.05, 0.1) is 6.61 Å². The molecule has 0 amide bonds. The van der Waals surface area contributed by atoms with Crippen LogP contribution in [-0.4, -0.2) is 55.9 Å². The summed E-state index contributed by atoms with van der Waals surface area (Å²) < 4.78 is 17.3. The average Bonchev–Trinajstić information content (AvgIpc) is 3.39. The van der Waals surface area contributed by atoms with Crippen LogP contribution in [0.5, 0.6) is 11.5 Å². The second-order valence-corrected chi connectivity index (χ2v) is 10.9. The molecule has 7 heteroatoms. The summed E-state index contributed by atoms with van der Waals surface area (Å²) in [5, 5.41) is 4.46. The molecule has 1 unspecified atom stereocenters. The minimum atomic E-state index is -0.706. The normalized spacial score (nSPS) is 20.7. The first-order valence-electron chi connectivity index (χ1n) is 13.8. The first kappa shape index (κ1) is 27.5. The maximum absolute atomic E-state index is 12.6. The number of fused-ring (bicyclic) bond motifs is 1. The highest BCUT2D eigenvalue weighted by Crippen LogP contribution is 2.45. The molecule has 2 fully saturated rings. The smallest absolute Gasteiger partial charge is 0.347 e. The summed E-state index contributed by atoms with van der Waals surface area (Å²) in [5.41, 5.74) is 3.29. The summed E-state index contributed by atoms with van der Waals surface area (Å²) in [6, 6.07) is 24.3. The number of likely N-dealkylation sites (tertiary alicyclic amines) is 1. The summed E-state index contributed by atoms with van der Waals surface area (Å²) >= 11 is 6.00. The number of esters is 1. The second kappa shape index (κ2) is 12.9. The number of carbonyl (C=O) groups excluding carboxylic acids is 1. The molecule has 0 radical (unpaired) electrons. The van der Waals surface area contributed by atoms with Crippen molar-refractivity contribution < 1.29 is 19.0 Å². The van der Waals surface area contributed by atoms with Crippen LogP contribution in [0.15, 0.2) is 72.8 Å². The Kier molecular flexibility index (Phi) is 9.07. The number of nitrogens with one attached hydrogen (secondary N) is 1. The number of benzene rings is 3. The SMILES string of the molecule is CCOC(=O)[C@H](Cc1ccc(OCCN[C@H]2C3CN(Cc4ccc(Cl)cc4)C[C@@H]32)cc1)Oc1ccccc1C. The van der Waals surface area contributed by atoms with Gasteiger partial charge < -0.3 is 19.5 Å². The summed E-state index contributed by atoms with van der Waals surface area (Å²) in [6.07, 6.45) is -0.281. The molecule has 1 saturated carbocycles. The molecule has 0 spiro atoms. The van der Waals surface area contributed by atoms with Gasteiger partial charge in [-0.1, -0.05) is 54.1 Å². The Morgan fingerprint density at radius 2 is 1.69 bits per heavy atom. The van der Waals surface area contributed by atoms with Crippen LogP contribution in [0.25, 0.3) is 0 Å². The Morgan fingerprint density at radius 3 is 2.38 bits per heavy atom. The molecule has 2 aliphatic rings. The van der Waals surface area contributed by atoms with Crippen molar-refractivity contribution in [2.75, 3.05) is 32.8 Å². The fourth-order valence-corrected chi connectivity index (χ4v) is 5.60. The highest BCUT2D eigenvalue weighted by Gasteiger charge is 2.55. The van der Waals surface area contributed by atoms with Crippen molar-refractivity contribution in [1.29, 1.82) is 0 Å². The second-order valence-electron chi connectivity index (χ2n) is 10.4. The van der Waals surface area contributed by atoms with E-state index >= 15 is 0 Å². The Morgan fingerprint density at radius 1 is 1.00 bits per heavy atom. The van der Waals surface area contributed by atoms with E-state index in [4.69, 9.17) is 25.8 Å². The summed E-state index contributed by atoms with van der Waals surface area (Å²) in [7, 11) is 0. The van der Waals surface area contributed by atoms with Gasteiger partial charge in [0.25, 0.3) is 0 Å². The lowest BCUT2D eigenvalue weighted by atomic mass is 10.1. The lowest BCUT2D eigenvalue weighted by molar-refractivity contribution is -0.151. The van der Waals surface area contributed by atoms with Crippen LogP contribution in [0.2, 0.25) is 5.02 Å². The number of hydrogen-bond donors (Lipinski definition) is 1. The van der Waals surface area contributed by atoms with Gasteiger partial charge in [-0.05, 0) is 72.7 Å². The van der Waals surface area contributed by atoms with Crippen LogP contribution >= 0.6 is 11.6 Å². The molecule has 5 rings (SSSR count). The zero-order valence-corrected chi connectivity index (χ0v) is 23.4. The van der Waals surface area contributed by atoms with Gasteiger partial charge in [-0.15, -0.1) is 0 Å². The lowest BCUT2D eigenvalue weighted by Gasteiger charge is -2.20. The van der Waals surface area contributed by atoms with E-state index in [1.807, 2.05) is 67.6 Å². The van der Waals surface area contributed by atoms with E-state index in [0.717, 1.165) is 59.9 Å². The molecule has 0 aromatic heterocycles. The first-order valence-corrected chi connectivity index (χ1v) is 14.2. The third-order valence-electron chi connectivity index (χ3n) is 7.60. The Bertz CT molecular complexity index is 1220. The van der Waals surface area contributed by atoms with Gasteiger partial charge >= 0.3 is 5.97 Å². The topological polar surface area (TPSA) is 60.0 Å². The highest BCUT2D eigenvalue weighted by molar-refractivity contribution is 6.30. The third-order valence-corrected chi connectivity index (χ3v) is 7.85. The number of rotatable bonds is 13. The Hall–Kier alpha value is -3.06. The summed E-state index contributed by atoms with van der Waals surface area (Å²) in [5.74, 6) is 2.64. The molecule has 206 valence electrons. The van der Waals surface area contributed by atoms with E-state index < -0.39 is 6.10 Å². The molecule has 1 aliphatic carbocycles. The molecular formula is C32H37ClN2O4. The molecule has 1 heterocycles. The largest absolute Gasteiger partial charge is 0.492 e. The van der Waals surface area contributed by atoms with Crippen molar-refractivity contribution in [2.45, 2.75) is 39.0 Å². The van der Waals surface area contributed by atoms with E-state index in [1.54, 1.807) is 6.92 Å². The number of nitrogens with zero attached hydrogens (tertiary/aromatic N) is 1. The number of halogens is 1. The highest BCUT2D eigenvalue weighted by atomic mass is 35.5. The predicted molar refractivity (Wildman–Crippen MR) is 153 cm³/mol. The van der Waals surface area contributed by atoms with Crippen LogP contribution in [0.1, 0.15) is 23.6 Å². The van der Waals surface area contributed by atoms with Gasteiger partial charge in [0, 0.05) is 43.7 Å². The Labute approximate surface area is 236 Å². The van der Waals surface area contributed by atoms with Crippen molar-refractivity contribution in [3.05, 3.63) is 94.5 Å². The number of ether oxygens (including phenoxy) is 3. The van der Waals surface area contributed by atoms with Crippen molar-refractivity contribution in [2.24, 2.45) is 11.8 Å². The van der Waals surface area contributed by atoms with Crippen molar-refractivity contribution in [1.82, 2.24) is 10.2 Å². The predicted octanol–water partition coefficient (Wildman–Crippen LogP) is 5.30. The lowest BCUT2D eigenvalue weighted by Crippen LogP contribution is -2.33. The van der Waals surface area contributed by atoms with Crippen LogP contribution in [-0.2, 0) is 22.5 Å². The first-order chi connectivity index (χ1) is 19.0. The molecule has 6 nitrogen and oxygen atoms in total. The van der Waals surface area contributed by atoms with Crippen LogP contribution in [0, 0.1) is 18.8 Å².